The van der Waals surface area contributed by atoms with Crippen LogP contribution < -0.4 is 20.7 Å². The molecule has 1 unspecified atom stereocenters. The lowest BCUT2D eigenvalue weighted by molar-refractivity contribution is -0.00799. The number of benzene rings is 2. The van der Waals surface area contributed by atoms with Gasteiger partial charge in [0.25, 0.3) is 5.56 Å². The van der Waals surface area contributed by atoms with E-state index in [9.17, 15) is 9.59 Å². The first kappa shape index (κ1) is 23.0. The van der Waals surface area contributed by atoms with E-state index in [-0.39, 0.29) is 11.2 Å². The lowest BCUT2D eigenvalue weighted by atomic mass is 9.97. The zero-order valence-electron chi connectivity index (χ0n) is 20.8. The van der Waals surface area contributed by atoms with Gasteiger partial charge in [0.15, 0.2) is 0 Å². The average Bonchev–Trinajstić information content (AvgIpc) is 3.24. The van der Waals surface area contributed by atoms with Crippen LogP contribution in [0.25, 0.3) is 22.2 Å². The lowest BCUT2D eigenvalue weighted by Gasteiger charge is -2.39. The molecule has 0 saturated carbocycles. The fourth-order valence-electron chi connectivity index (χ4n) is 5.14. The lowest BCUT2D eigenvalue weighted by Crippen LogP contribution is -2.40. The van der Waals surface area contributed by atoms with Gasteiger partial charge in [-0.1, -0.05) is 18.2 Å². The van der Waals surface area contributed by atoms with Crippen LogP contribution in [-0.2, 0) is 24.4 Å². The molecule has 2 aromatic heterocycles. The molecule has 0 bridgehead atoms. The quantitative estimate of drug-likeness (QED) is 0.451. The summed E-state index contributed by atoms with van der Waals surface area (Å²) in [6, 6.07) is 15.3. The van der Waals surface area contributed by atoms with Gasteiger partial charge in [0.2, 0.25) is 0 Å². The minimum atomic E-state index is -0.536. The summed E-state index contributed by atoms with van der Waals surface area (Å²) in [4.78, 5) is 26.7. The van der Waals surface area contributed by atoms with Crippen LogP contribution in [0, 0.1) is 0 Å². The Bertz CT molecular complexity index is 1560. The van der Waals surface area contributed by atoms with Crippen LogP contribution in [-0.4, -0.2) is 34.5 Å². The van der Waals surface area contributed by atoms with E-state index in [0.29, 0.717) is 23.3 Å². The Balaban J connectivity index is 1.99. The molecule has 35 heavy (non-hydrogen) atoms. The van der Waals surface area contributed by atoms with Crippen molar-refractivity contribution in [2.45, 2.75) is 25.5 Å². The first-order chi connectivity index (χ1) is 16.7. The highest BCUT2D eigenvalue weighted by molar-refractivity contribution is 5.97. The Morgan fingerprint density at radius 2 is 1.63 bits per heavy atom. The normalized spacial score (nSPS) is 16.8. The average molecular weight is 476 g/mol. The maximum absolute atomic E-state index is 13.7. The third-order valence-corrected chi connectivity index (χ3v) is 6.85. The van der Waals surface area contributed by atoms with E-state index in [1.807, 2.05) is 48.5 Å². The van der Waals surface area contributed by atoms with Gasteiger partial charge in [-0.15, -0.1) is 0 Å². The van der Waals surface area contributed by atoms with Gasteiger partial charge in [0.05, 0.1) is 48.7 Å². The molecule has 0 radical (unpaired) electrons. The molecule has 182 valence electrons. The highest BCUT2D eigenvalue weighted by atomic mass is 16.5. The molecule has 3 heterocycles. The van der Waals surface area contributed by atoms with Gasteiger partial charge in [-0.05, 0) is 49.7 Å². The van der Waals surface area contributed by atoms with Crippen molar-refractivity contribution in [2.24, 2.45) is 14.1 Å². The zero-order chi connectivity index (χ0) is 25.1. The first-order valence-electron chi connectivity index (χ1n) is 11.4. The number of rotatable bonds is 4. The fraction of sp³-hybridized carbons (Fsp3) is 0.333. The molecule has 1 aliphatic heterocycles. The predicted octanol–water partition coefficient (Wildman–Crippen LogP) is 3.58. The van der Waals surface area contributed by atoms with Gasteiger partial charge in [-0.3, -0.25) is 13.9 Å². The molecule has 0 N–H and O–H groups in total. The van der Waals surface area contributed by atoms with Gasteiger partial charge >= 0.3 is 5.69 Å². The Morgan fingerprint density at radius 3 is 2.29 bits per heavy atom. The number of ether oxygens (including phenoxy) is 3. The zero-order valence-corrected chi connectivity index (χ0v) is 20.8. The number of aromatic nitrogens is 3. The molecule has 0 amide bonds. The summed E-state index contributed by atoms with van der Waals surface area (Å²) < 4.78 is 22.3. The summed E-state index contributed by atoms with van der Waals surface area (Å²) in [5.74, 6) is 1.40. The van der Waals surface area contributed by atoms with E-state index in [2.05, 4.69) is 18.4 Å². The summed E-state index contributed by atoms with van der Waals surface area (Å²) >= 11 is 0. The van der Waals surface area contributed by atoms with Crippen LogP contribution in [0.3, 0.4) is 0 Å². The van der Waals surface area contributed by atoms with Gasteiger partial charge in [-0.2, -0.15) is 0 Å². The molecule has 0 fully saturated rings. The maximum Gasteiger partial charge on any atom is 0.331 e. The third-order valence-electron chi connectivity index (χ3n) is 6.85. The van der Waals surface area contributed by atoms with Crippen LogP contribution in [0.5, 0.6) is 11.5 Å². The molecular formula is C27H29N3O5. The third kappa shape index (κ3) is 3.31. The number of para-hydroxylation sites is 1. The highest BCUT2D eigenvalue weighted by Gasteiger charge is 2.41. The van der Waals surface area contributed by atoms with Crippen molar-refractivity contribution < 1.29 is 14.2 Å². The van der Waals surface area contributed by atoms with Crippen LogP contribution in [0.4, 0.5) is 0 Å². The topological polar surface area (TPSA) is 76.6 Å². The maximum atomic E-state index is 13.7. The van der Waals surface area contributed by atoms with E-state index in [4.69, 9.17) is 14.2 Å². The molecule has 1 atom stereocenters. The molecule has 5 rings (SSSR count). The molecule has 4 aromatic rings. The van der Waals surface area contributed by atoms with E-state index >= 15 is 0 Å². The van der Waals surface area contributed by atoms with Gasteiger partial charge in [-0.25, -0.2) is 4.79 Å². The minimum Gasteiger partial charge on any atom is -0.497 e. The number of nitrogens with zero attached hydrogens (tertiary/aromatic N) is 3. The number of hydrogen-bond donors (Lipinski definition) is 0. The molecule has 0 aliphatic carbocycles. The number of fused-ring (bicyclic) bond motifs is 3. The van der Waals surface area contributed by atoms with Crippen molar-refractivity contribution in [1.82, 2.24) is 13.7 Å². The van der Waals surface area contributed by atoms with Crippen molar-refractivity contribution in [3.63, 3.8) is 0 Å². The number of aryl methyl sites for hydroxylation is 1. The van der Waals surface area contributed by atoms with Crippen LogP contribution in [0.2, 0.25) is 0 Å². The van der Waals surface area contributed by atoms with Crippen molar-refractivity contribution in [3.05, 3.63) is 80.6 Å². The number of methoxy groups -OCH3 is 2. The van der Waals surface area contributed by atoms with Crippen LogP contribution in [0.1, 0.15) is 31.2 Å². The van der Waals surface area contributed by atoms with E-state index in [0.717, 1.165) is 32.8 Å². The van der Waals surface area contributed by atoms with Gasteiger partial charge < -0.3 is 18.8 Å². The Morgan fingerprint density at radius 1 is 0.943 bits per heavy atom. The SMILES string of the molecule is COc1ccc(-c2c3c(=O)n(C)c(=O)n(C)c3c3n2C(C)(C)COC3c2ccccc2OC)cc1. The monoisotopic (exact) mass is 475 g/mol. The second kappa shape index (κ2) is 8.16. The van der Waals surface area contributed by atoms with Crippen molar-refractivity contribution in [2.75, 3.05) is 20.8 Å². The Hall–Kier alpha value is -3.78. The van der Waals surface area contributed by atoms with Gasteiger partial charge in [0.1, 0.15) is 17.6 Å². The fourth-order valence-corrected chi connectivity index (χ4v) is 5.14. The summed E-state index contributed by atoms with van der Waals surface area (Å²) in [6.45, 7) is 4.55. The van der Waals surface area contributed by atoms with Gasteiger partial charge in [0, 0.05) is 19.7 Å². The van der Waals surface area contributed by atoms with Crippen molar-refractivity contribution >= 4 is 10.9 Å². The first-order valence-corrected chi connectivity index (χ1v) is 11.4. The summed E-state index contributed by atoms with van der Waals surface area (Å²) in [5, 5.41) is 0.480. The smallest absolute Gasteiger partial charge is 0.331 e. The summed E-state index contributed by atoms with van der Waals surface area (Å²) in [6.07, 6.45) is -0.536. The van der Waals surface area contributed by atoms with E-state index in [1.165, 1.54) is 7.05 Å². The molecule has 0 saturated heterocycles. The molecule has 2 aromatic carbocycles. The molecular weight excluding hydrogens is 446 g/mol. The largest absolute Gasteiger partial charge is 0.497 e. The Labute approximate surface area is 202 Å². The molecule has 8 heteroatoms. The Kier molecular flexibility index (Phi) is 5.36. The van der Waals surface area contributed by atoms with E-state index in [1.54, 1.807) is 25.8 Å². The van der Waals surface area contributed by atoms with Crippen LogP contribution >= 0.6 is 0 Å². The number of hydrogen-bond acceptors (Lipinski definition) is 5. The summed E-state index contributed by atoms with van der Waals surface area (Å²) in [7, 11) is 6.45. The summed E-state index contributed by atoms with van der Waals surface area (Å²) in [5.41, 5.74) is 2.53. The molecule has 8 nitrogen and oxygen atoms in total. The van der Waals surface area contributed by atoms with Crippen LogP contribution in [0.15, 0.2) is 58.1 Å². The molecule has 0 spiro atoms. The van der Waals surface area contributed by atoms with E-state index < -0.39 is 11.6 Å². The highest BCUT2D eigenvalue weighted by Crippen LogP contribution is 2.47. The van der Waals surface area contributed by atoms with Crippen molar-refractivity contribution in [1.29, 1.82) is 0 Å². The predicted molar refractivity (Wildman–Crippen MR) is 135 cm³/mol. The minimum absolute atomic E-state index is 0.342. The second-order valence-corrected chi connectivity index (χ2v) is 9.47. The molecule has 1 aliphatic rings. The second-order valence-electron chi connectivity index (χ2n) is 9.47. The van der Waals surface area contributed by atoms with Crippen molar-refractivity contribution in [3.8, 4) is 22.8 Å². The standard InChI is InChI=1S/C27H29N3O5/c1-27(2)15-35-24(18-9-7-8-10-19(18)34-6)23-22-20(25(31)29(4)26(32)28(22)3)21(30(23)27)16-11-13-17(33-5)14-12-16/h7-14,24H,15H2,1-6H3.